The molecule has 5 nitrogen and oxygen atoms in total. The van der Waals surface area contributed by atoms with Gasteiger partial charge in [-0.25, -0.2) is 0 Å². The maximum Gasteiger partial charge on any atom is 0.273 e. The summed E-state index contributed by atoms with van der Waals surface area (Å²) in [6.07, 6.45) is 0.789. The first-order valence-electron chi connectivity index (χ1n) is 7.44. The molecule has 1 aliphatic rings. The van der Waals surface area contributed by atoms with Gasteiger partial charge in [0.1, 0.15) is 0 Å². The van der Waals surface area contributed by atoms with Crippen LogP contribution >= 0.6 is 23.4 Å². The SMILES string of the molecule is Cc1ccc(C(=O)NC2CCSc3ccc(Cl)cc32)cc1[N+](=O)[O-]. The average molecular weight is 363 g/mol. The van der Waals surface area contributed by atoms with Crippen molar-refractivity contribution < 1.29 is 9.72 Å². The van der Waals surface area contributed by atoms with Crippen molar-refractivity contribution in [1.29, 1.82) is 0 Å². The Morgan fingerprint density at radius 3 is 2.88 bits per heavy atom. The molecule has 1 unspecified atom stereocenters. The van der Waals surface area contributed by atoms with Gasteiger partial charge in [-0.05, 0) is 43.2 Å². The van der Waals surface area contributed by atoms with Gasteiger partial charge in [0.2, 0.25) is 0 Å². The number of halogens is 1. The first kappa shape index (κ1) is 16.8. The molecule has 1 N–H and O–H groups in total. The third-order valence-corrected chi connectivity index (χ3v) is 5.34. The molecule has 1 amide bonds. The third kappa shape index (κ3) is 3.39. The van der Waals surface area contributed by atoms with E-state index in [1.54, 1.807) is 30.8 Å². The van der Waals surface area contributed by atoms with E-state index in [1.807, 2.05) is 18.2 Å². The fourth-order valence-corrected chi connectivity index (χ4v) is 3.99. The molecular formula is C17H15ClN2O3S. The molecule has 1 aliphatic heterocycles. The van der Waals surface area contributed by atoms with Crippen LogP contribution in [0.15, 0.2) is 41.3 Å². The number of benzene rings is 2. The van der Waals surface area contributed by atoms with Crippen molar-refractivity contribution in [3.63, 3.8) is 0 Å². The largest absolute Gasteiger partial charge is 0.345 e. The van der Waals surface area contributed by atoms with Gasteiger partial charge in [-0.1, -0.05) is 17.7 Å². The van der Waals surface area contributed by atoms with Crippen molar-refractivity contribution in [1.82, 2.24) is 5.32 Å². The quantitative estimate of drug-likeness (QED) is 0.643. The molecule has 2 aromatic rings. The molecule has 124 valence electrons. The summed E-state index contributed by atoms with van der Waals surface area (Å²) < 4.78 is 0. The topological polar surface area (TPSA) is 72.2 Å². The molecule has 24 heavy (non-hydrogen) atoms. The van der Waals surface area contributed by atoms with E-state index in [9.17, 15) is 14.9 Å². The normalized spacial score (nSPS) is 16.3. The van der Waals surface area contributed by atoms with E-state index in [0.717, 1.165) is 22.6 Å². The number of fused-ring (bicyclic) bond motifs is 1. The molecule has 3 rings (SSSR count). The summed E-state index contributed by atoms with van der Waals surface area (Å²) in [5.41, 5.74) is 1.76. The third-order valence-electron chi connectivity index (χ3n) is 3.98. The van der Waals surface area contributed by atoms with Gasteiger partial charge in [0.25, 0.3) is 11.6 Å². The number of hydrogen-bond acceptors (Lipinski definition) is 4. The number of nitrogens with one attached hydrogen (secondary N) is 1. The zero-order valence-electron chi connectivity index (χ0n) is 12.9. The highest BCUT2D eigenvalue weighted by Crippen LogP contribution is 2.37. The van der Waals surface area contributed by atoms with Gasteiger partial charge in [0, 0.05) is 32.9 Å². The van der Waals surface area contributed by atoms with Gasteiger partial charge in [-0.15, -0.1) is 11.8 Å². The van der Waals surface area contributed by atoms with Gasteiger partial charge in [-0.3, -0.25) is 14.9 Å². The van der Waals surface area contributed by atoms with E-state index in [0.29, 0.717) is 10.6 Å². The zero-order chi connectivity index (χ0) is 17.3. The highest BCUT2D eigenvalue weighted by molar-refractivity contribution is 7.99. The van der Waals surface area contributed by atoms with E-state index < -0.39 is 4.92 Å². The number of nitrogens with zero attached hydrogens (tertiary/aromatic N) is 1. The number of nitro benzene ring substituents is 1. The maximum absolute atomic E-state index is 12.5. The van der Waals surface area contributed by atoms with E-state index in [1.165, 1.54) is 6.07 Å². The Labute approximate surface area is 148 Å². The molecule has 0 spiro atoms. The lowest BCUT2D eigenvalue weighted by atomic mass is 10.0. The van der Waals surface area contributed by atoms with Crippen LogP contribution in [0.2, 0.25) is 5.02 Å². The molecule has 0 aromatic heterocycles. The van der Waals surface area contributed by atoms with E-state index in [2.05, 4.69) is 5.32 Å². The summed E-state index contributed by atoms with van der Waals surface area (Å²) in [6, 6.07) is 10.0. The van der Waals surface area contributed by atoms with Crippen LogP contribution in [0.3, 0.4) is 0 Å². The average Bonchev–Trinajstić information content (AvgIpc) is 2.55. The standard InChI is InChI=1S/C17H15ClN2O3S/c1-10-2-3-11(8-15(10)20(22)23)17(21)19-14-6-7-24-16-5-4-12(18)9-13(14)16/h2-5,8-9,14H,6-7H2,1H3,(H,19,21). The number of carbonyl (C=O) groups is 1. The minimum Gasteiger partial charge on any atom is -0.345 e. The minimum atomic E-state index is -0.474. The molecule has 0 saturated heterocycles. The van der Waals surface area contributed by atoms with Gasteiger partial charge < -0.3 is 5.32 Å². The Balaban J connectivity index is 1.85. The summed E-state index contributed by atoms with van der Waals surface area (Å²) in [5, 5.41) is 14.6. The van der Waals surface area contributed by atoms with Crippen molar-refractivity contribution in [3.8, 4) is 0 Å². The number of aryl methyl sites for hydroxylation is 1. The summed E-state index contributed by atoms with van der Waals surface area (Å²) in [6.45, 7) is 1.65. The van der Waals surface area contributed by atoms with Crippen molar-refractivity contribution in [2.24, 2.45) is 0 Å². The zero-order valence-corrected chi connectivity index (χ0v) is 14.5. The van der Waals surface area contributed by atoms with Crippen molar-refractivity contribution >= 4 is 35.0 Å². The number of amides is 1. The Kier molecular flexibility index (Phi) is 4.78. The monoisotopic (exact) mass is 362 g/mol. The highest BCUT2D eigenvalue weighted by atomic mass is 35.5. The Morgan fingerprint density at radius 2 is 2.12 bits per heavy atom. The summed E-state index contributed by atoms with van der Waals surface area (Å²) in [4.78, 5) is 24.2. The van der Waals surface area contributed by atoms with Crippen molar-refractivity contribution in [2.75, 3.05) is 5.75 Å². The second kappa shape index (κ2) is 6.83. The predicted molar refractivity (Wildman–Crippen MR) is 94.8 cm³/mol. The molecule has 0 aliphatic carbocycles. The number of thioether (sulfide) groups is 1. The van der Waals surface area contributed by atoms with Gasteiger partial charge in [0.15, 0.2) is 0 Å². The Bertz CT molecular complexity index is 825. The molecule has 1 atom stereocenters. The highest BCUT2D eigenvalue weighted by Gasteiger charge is 2.24. The number of hydrogen-bond donors (Lipinski definition) is 1. The van der Waals surface area contributed by atoms with Gasteiger partial charge in [0.05, 0.1) is 11.0 Å². The summed E-state index contributed by atoms with van der Waals surface area (Å²) in [5.74, 6) is 0.578. The van der Waals surface area contributed by atoms with Crippen molar-refractivity contribution in [3.05, 3.63) is 68.2 Å². The van der Waals surface area contributed by atoms with E-state index in [4.69, 9.17) is 11.6 Å². The molecule has 0 fully saturated rings. The smallest absolute Gasteiger partial charge is 0.273 e. The second-order valence-corrected chi connectivity index (χ2v) is 7.18. The number of carbonyl (C=O) groups excluding carboxylic acids is 1. The Hall–Kier alpha value is -2.05. The molecule has 0 saturated carbocycles. The van der Waals surface area contributed by atoms with Crippen molar-refractivity contribution in [2.45, 2.75) is 24.3 Å². The van der Waals surface area contributed by atoms with Crippen LogP contribution in [0.4, 0.5) is 5.69 Å². The minimum absolute atomic E-state index is 0.0507. The van der Waals surface area contributed by atoms with Crippen LogP contribution in [-0.4, -0.2) is 16.6 Å². The second-order valence-electron chi connectivity index (χ2n) is 5.60. The van der Waals surface area contributed by atoms with Crippen LogP contribution in [0, 0.1) is 17.0 Å². The summed E-state index contributed by atoms with van der Waals surface area (Å²) in [7, 11) is 0. The van der Waals surface area contributed by atoms with E-state index >= 15 is 0 Å². The van der Waals surface area contributed by atoms with Crippen LogP contribution in [0.1, 0.15) is 33.9 Å². The lowest BCUT2D eigenvalue weighted by molar-refractivity contribution is -0.385. The van der Waals surface area contributed by atoms with Crippen LogP contribution < -0.4 is 5.32 Å². The number of nitro groups is 1. The molecular weight excluding hydrogens is 348 g/mol. The fraction of sp³-hybridized carbons (Fsp3) is 0.235. The summed E-state index contributed by atoms with van der Waals surface area (Å²) >= 11 is 7.80. The molecule has 1 heterocycles. The molecule has 0 bridgehead atoms. The predicted octanol–water partition coefficient (Wildman–Crippen LogP) is 4.52. The maximum atomic E-state index is 12.5. The molecule has 2 aromatic carbocycles. The lowest BCUT2D eigenvalue weighted by Gasteiger charge is -2.26. The lowest BCUT2D eigenvalue weighted by Crippen LogP contribution is -2.30. The molecule has 7 heteroatoms. The fourth-order valence-electron chi connectivity index (χ4n) is 2.70. The van der Waals surface area contributed by atoms with Crippen LogP contribution in [0.5, 0.6) is 0 Å². The first-order chi connectivity index (χ1) is 11.5. The number of rotatable bonds is 3. The molecule has 0 radical (unpaired) electrons. The van der Waals surface area contributed by atoms with Gasteiger partial charge in [-0.2, -0.15) is 0 Å². The van der Waals surface area contributed by atoms with Crippen LogP contribution in [0.25, 0.3) is 0 Å². The van der Waals surface area contributed by atoms with Crippen LogP contribution in [-0.2, 0) is 0 Å². The van der Waals surface area contributed by atoms with Gasteiger partial charge >= 0.3 is 0 Å². The van der Waals surface area contributed by atoms with E-state index in [-0.39, 0.29) is 23.2 Å². The first-order valence-corrected chi connectivity index (χ1v) is 8.80. The Morgan fingerprint density at radius 1 is 1.33 bits per heavy atom.